The van der Waals surface area contributed by atoms with Crippen LogP contribution in [0, 0.1) is 0 Å². The Balaban J connectivity index is 1.94. The van der Waals surface area contributed by atoms with Crippen molar-refractivity contribution in [2.45, 2.75) is 20.0 Å². The van der Waals surface area contributed by atoms with Gasteiger partial charge >= 0.3 is 5.69 Å². The molecule has 0 saturated heterocycles. The minimum absolute atomic E-state index is 0.174. The lowest BCUT2D eigenvalue weighted by atomic mass is 10.1. The summed E-state index contributed by atoms with van der Waals surface area (Å²) in [5.41, 5.74) is -0.0221. The molecule has 25 heavy (non-hydrogen) atoms. The van der Waals surface area contributed by atoms with Crippen molar-refractivity contribution in [1.29, 1.82) is 0 Å². The summed E-state index contributed by atoms with van der Waals surface area (Å²) in [6.07, 6.45) is 0. The van der Waals surface area contributed by atoms with Crippen molar-refractivity contribution in [3.05, 3.63) is 65.4 Å². The van der Waals surface area contributed by atoms with Crippen molar-refractivity contribution >= 4 is 44.1 Å². The van der Waals surface area contributed by atoms with Crippen molar-refractivity contribution in [1.82, 2.24) is 14.5 Å². The standard InChI is InChI=1S/C17H16BrN3O3S/c1-3-21-16(23)13-5-4-10(6-14(13)19-17(21)24)15(22)20(2)8-12-7-11(18)9-25-12/h4-7,9H,3,8H2,1-2H3,(H,19,24). The van der Waals surface area contributed by atoms with Gasteiger partial charge in [0.15, 0.2) is 0 Å². The average Bonchev–Trinajstić information content (AvgIpc) is 2.98. The summed E-state index contributed by atoms with van der Waals surface area (Å²) in [7, 11) is 1.72. The number of aromatic amines is 1. The van der Waals surface area contributed by atoms with Crippen LogP contribution in [-0.2, 0) is 13.1 Å². The molecular weight excluding hydrogens is 406 g/mol. The quantitative estimate of drug-likeness (QED) is 0.703. The minimum Gasteiger partial charge on any atom is -0.337 e. The number of H-pyrrole nitrogens is 1. The molecule has 6 nitrogen and oxygen atoms in total. The molecule has 0 atom stereocenters. The molecule has 0 aliphatic carbocycles. The first-order valence-electron chi connectivity index (χ1n) is 7.66. The van der Waals surface area contributed by atoms with Gasteiger partial charge in [0.05, 0.1) is 17.4 Å². The number of rotatable bonds is 4. The van der Waals surface area contributed by atoms with E-state index < -0.39 is 5.69 Å². The monoisotopic (exact) mass is 421 g/mol. The van der Waals surface area contributed by atoms with Crippen LogP contribution in [-0.4, -0.2) is 27.4 Å². The van der Waals surface area contributed by atoms with Crippen molar-refractivity contribution in [2.24, 2.45) is 0 Å². The summed E-state index contributed by atoms with van der Waals surface area (Å²) >= 11 is 4.97. The number of thiophene rings is 1. The molecule has 0 saturated carbocycles. The maximum absolute atomic E-state index is 12.6. The number of carbonyl (C=O) groups is 1. The first-order valence-corrected chi connectivity index (χ1v) is 9.33. The van der Waals surface area contributed by atoms with Gasteiger partial charge < -0.3 is 9.88 Å². The van der Waals surface area contributed by atoms with Gasteiger partial charge in [-0.15, -0.1) is 11.3 Å². The molecule has 3 rings (SSSR count). The maximum atomic E-state index is 12.6. The lowest BCUT2D eigenvalue weighted by Crippen LogP contribution is -2.34. The largest absolute Gasteiger partial charge is 0.337 e. The molecule has 0 unspecified atom stereocenters. The van der Waals surface area contributed by atoms with E-state index in [4.69, 9.17) is 0 Å². The van der Waals surface area contributed by atoms with Crippen LogP contribution in [0.5, 0.6) is 0 Å². The minimum atomic E-state index is -0.471. The molecule has 2 heterocycles. The second-order valence-electron chi connectivity index (χ2n) is 5.63. The zero-order chi connectivity index (χ0) is 18.1. The number of aromatic nitrogens is 2. The van der Waals surface area contributed by atoms with Gasteiger partial charge in [-0.2, -0.15) is 0 Å². The smallest absolute Gasteiger partial charge is 0.328 e. The van der Waals surface area contributed by atoms with E-state index in [1.54, 1.807) is 48.4 Å². The first-order chi connectivity index (χ1) is 11.9. The van der Waals surface area contributed by atoms with Crippen LogP contribution in [0.3, 0.4) is 0 Å². The van der Waals surface area contributed by atoms with Gasteiger partial charge in [0, 0.05) is 33.9 Å². The third-order valence-corrected chi connectivity index (χ3v) is 5.59. The van der Waals surface area contributed by atoms with Crippen LogP contribution in [0.15, 0.2) is 43.7 Å². The third-order valence-electron chi connectivity index (χ3n) is 3.91. The van der Waals surface area contributed by atoms with E-state index in [0.717, 1.165) is 13.9 Å². The second kappa shape index (κ2) is 6.97. The van der Waals surface area contributed by atoms with Gasteiger partial charge in [-0.25, -0.2) is 4.79 Å². The summed E-state index contributed by atoms with van der Waals surface area (Å²) in [6.45, 7) is 2.52. The third kappa shape index (κ3) is 3.45. The van der Waals surface area contributed by atoms with Crippen LogP contribution in [0.1, 0.15) is 22.2 Å². The highest BCUT2D eigenvalue weighted by atomic mass is 79.9. The molecule has 0 aliphatic rings. The molecule has 0 spiro atoms. The van der Waals surface area contributed by atoms with Gasteiger partial charge in [-0.1, -0.05) is 0 Å². The first kappa shape index (κ1) is 17.6. The fourth-order valence-electron chi connectivity index (χ4n) is 2.64. The Bertz CT molecular complexity index is 1070. The van der Waals surface area contributed by atoms with Gasteiger partial charge in [0.2, 0.25) is 0 Å². The van der Waals surface area contributed by atoms with Crippen molar-refractivity contribution in [2.75, 3.05) is 7.05 Å². The van der Waals surface area contributed by atoms with E-state index in [2.05, 4.69) is 20.9 Å². The topological polar surface area (TPSA) is 75.2 Å². The summed E-state index contributed by atoms with van der Waals surface area (Å²) in [6, 6.07) is 6.73. The van der Waals surface area contributed by atoms with Crippen LogP contribution < -0.4 is 11.2 Å². The van der Waals surface area contributed by atoms with Crippen molar-refractivity contribution in [3.63, 3.8) is 0 Å². The Morgan fingerprint density at radius 2 is 2.08 bits per heavy atom. The van der Waals surface area contributed by atoms with E-state index >= 15 is 0 Å². The molecule has 2 aromatic heterocycles. The Morgan fingerprint density at radius 1 is 1.32 bits per heavy atom. The normalized spacial score (nSPS) is 11.0. The Hall–Kier alpha value is -2.19. The molecule has 0 fully saturated rings. The molecule has 0 aliphatic heterocycles. The number of benzene rings is 1. The lowest BCUT2D eigenvalue weighted by molar-refractivity contribution is 0.0786. The summed E-state index contributed by atoms with van der Waals surface area (Å²) in [4.78, 5) is 42.2. The molecule has 1 N–H and O–H groups in total. The number of fused-ring (bicyclic) bond motifs is 1. The van der Waals surface area contributed by atoms with E-state index in [1.807, 2.05) is 11.4 Å². The molecule has 1 aromatic carbocycles. The number of nitrogens with one attached hydrogen (secondary N) is 1. The zero-order valence-corrected chi connectivity index (χ0v) is 16.1. The molecule has 8 heteroatoms. The van der Waals surface area contributed by atoms with Crippen LogP contribution >= 0.6 is 27.3 Å². The second-order valence-corrected chi connectivity index (χ2v) is 7.54. The Kier molecular flexibility index (Phi) is 4.91. The number of hydrogen-bond acceptors (Lipinski definition) is 4. The molecule has 0 bridgehead atoms. The summed E-state index contributed by atoms with van der Waals surface area (Å²) < 4.78 is 2.12. The molecule has 3 aromatic rings. The Labute approximate surface area is 155 Å². The molecule has 1 amide bonds. The van der Waals surface area contributed by atoms with Gasteiger partial charge in [-0.3, -0.25) is 14.2 Å². The Morgan fingerprint density at radius 3 is 2.72 bits per heavy atom. The van der Waals surface area contributed by atoms with Crippen molar-refractivity contribution in [3.8, 4) is 0 Å². The van der Waals surface area contributed by atoms with Crippen molar-refractivity contribution < 1.29 is 4.79 Å². The lowest BCUT2D eigenvalue weighted by Gasteiger charge is -2.16. The SMILES string of the molecule is CCn1c(=O)[nH]c2cc(C(=O)N(C)Cc3cc(Br)cs3)ccc2c1=O. The highest BCUT2D eigenvalue weighted by Crippen LogP contribution is 2.21. The van der Waals surface area contributed by atoms with Crippen LogP contribution in [0.2, 0.25) is 0 Å². The fraction of sp³-hybridized carbons (Fsp3) is 0.235. The van der Waals surface area contributed by atoms with E-state index in [9.17, 15) is 14.4 Å². The number of hydrogen-bond donors (Lipinski definition) is 1. The fourth-order valence-corrected chi connectivity index (χ4v) is 4.14. The molecule has 0 radical (unpaired) electrons. The van der Waals surface area contributed by atoms with Crippen LogP contribution in [0.4, 0.5) is 0 Å². The predicted octanol–water partition coefficient (Wildman–Crippen LogP) is 2.81. The zero-order valence-electron chi connectivity index (χ0n) is 13.7. The average molecular weight is 422 g/mol. The van der Waals surface area contributed by atoms with Gasteiger partial charge in [0.1, 0.15) is 0 Å². The predicted molar refractivity (Wildman–Crippen MR) is 102 cm³/mol. The number of amides is 1. The number of halogens is 1. The molecule has 130 valence electrons. The van der Waals surface area contributed by atoms with E-state index in [-0.39, 0.29) is 11.5 Å². The molecular formula is C17H16BrN3O3S. The summed E-state index contributed by atoms with van der Waals surface area (Å²) in [5.74, 6) is -0.174. The van der Waals surface area contributed by atoms with E-state index in [1.165, 1.54) is 0 Å². The highest BCUT2D eigenvalue weighted by Gasteiger charge is 2.15. The summed E-state index contributed by atoms with van der Waals surface area (Å²) in [5, 5.41) is 2.36. The number of carbonyl (C=O) groups excluding carboxylic acids is 1. The van der Waals surface area contributed by atoms with E-state index in [0.29, 0.717) is 29.6 Å². The van der Waals surface area contributed by atoms with Gasteiger partial charge in [0.25, 0.3) is 11.5 Å². The maximum Gasteiger partial charge on any atom is 0.328 e. The van der Waals surface area contributed by atoms with Crippen LogP contribution in [0.25, 0.3) is 10.9 Å². The highest BCUT2D eigenvalue weighted by molar-refractivity contribution is 9.10. The van der Waals surface area contributed by atoms with Gasteiger partial charge in [-0.05, 0) is 47.1 Å². The number of nitrogens with zero attached hydrogens (tertiary/aromatic N) is 2.